The van der Waals surface area contributed by atoms with Crippen molar-refractivity contribution in [2.75, 3.05) is 26.4 Å². The van der Waals surface area contributed by atoms with Gasteiger partial charge in [0, 0.05) is 30.0 Å². The Hall–Kier alpha value is -2.98. The zero-order valence-electron chi connectivity index (χ0n) is 17.5. The Labute approximate surface area is 192 Å². The van der Waals surface area contributed by atoms with Crippen molar-refractivity contribution in [1.29, 1.82) is 0 Å². The van der Waals surface area contributed by atoms with Crippen molar-refractivity contribution < 1.29 is 31.8 Å². The van der Waals surface area contributed by atoms with Gasteiger partial charge in [-0.3, -0.25) is 9.79 Å². The van der Waals surface area contributed by atoms with Gasteiger partial charge in [-0.25, -0.2) is 9.37 Å². The number of nitrogens with one attached hydrogen (secondary N) is 1. The smallest absolute Gasteiger partial charge is 0.417 e. The van der Waals surface area contributed by atoms with Crippen molar-refractivity contribution in [3.63, 3.8) is 0 Å². The average Bonchev–Trinajstić information content (AvgIpc) is 2.80. The first-order chi connectivity index (χ1) is 15.8. The number of hydrogen-bond donors (Lipinski definition) is 1. The van der Waals surface area contributed by atoms with Crippen LogP contribution in [0.3, 0.4) is 0 Å². The molecule has 0 atom stereocenters. The molecular formula is C22H20ClF4N3O3. The molecule has 0 radical (unpaired) electrons. The number of carbonyl (C=O) groups is 1. The number of hydrogen-bond acceptors (Lipinski definition) is 6. The third-order valence-electron chi connectivity index (χ3n) is 4.60. The maximum atomic E-state index is 14.7. The molecule has 2 heterocycles. The molecule has 1 aliphatic heterocycles. The molecule has 0 spiro atoms. The standard InChI is InChI=1S/C22H20ClF4N3O3/c1-2-7-32-8-9-33-17-6-3-13(10-28-17)20-14(12-31)11-29-21(30-20)18-15(22(25,26)27)4-5-16(23)19(18)24/h3-6,10,12H,2,7-9,11H2,1H3,(H,29,30). The maximum absolute atomic E-state index is 14.7. The van der Waals surface area contributed by atoms with Crippen LogP contribution in [0.15, 0.2) is 41.0 Å². The molecule has 0 saturated heterocycles. The van der Waals surface area contributed by atoms with E-state index in [2.05, 4.69) is 15.3 Å². The molecule has 0 amide bonds. The third kappa shape index (κ3) is 5.88. The van der Waals surface area contributed by atoms with E-state index < -0.39 is 34.0 Å². The van der Waals surface area contributed by atoms with Crippen LogP contribution in [0, 0.1) is 5.82 Å². The van der Waals surface area contributed by atoms with Gasteiger partial charge >= 0.3 is 6.18 Å². The van der Waals surface area contributed by atoms with Gasteiger partial charge in [-0.2, -0.15) is 13.2 Å². The molecule has 11 heteroatoms. The van der Waals surface area contributed by atoms with Gasteiger partial charge in [-0.1, -0.05) is 18.5 Å². The predicted molar refractivity (Wildman–Crippen MR) is 115 cm³/mol. The van der Waals surface area contributed by atoms with Crippen LogP contribution >= 0.6 is 11.6 Å². The molecular weight excluding hydrogens is 466 g/mol. The van der Waals surface area contributed by atoms with Gasteiger partial charge < -0.3 is 14.8 Å². The number of carbonyl (C=O) groups excluding carboxylic acids is 1. The number of ether oxygens (including phenoxy) is 2. The average molecular weight is 486 g/mol. The second kappa shape index (κ2) is 10.8. The predicted octanol–water partition coefficient (Wildman–Crippen LogP) is 4.66. The van der Waals surface area contributed by atoms with E-state index in [1.54, 1.807) is 12.1 Å². The van der Waals surface area contributed by atoms with Gasteiger partial charge in [0.05, 0.1) is 35.0 Å². The van der Waals surface area contributed by atoms with Gasteiger partial charge in [0.15, 0.2) is 5.82 Å². The molecule has 0 fully saturated rings. The number of pyridine rings is 1. The number of nitrogens with zero attached hydrogens (tertiary/aromatic N) is 2. The first-order valence-electron chi connectivity index (χ1n) is 9.98. The first-order valence-corrected chi connectivity index (χ1v) is 10.4. The van der Waals surface area contributed by atoms with E-state index in [9.17, 15) is 22.4 Å². The van der Waals surface area contributed by atoms with E-state index in [4.69, 9.17) is 21.1 Å². The van der Waals surface area contributed by atoms with Crippen molar-refractivity contribution >= 4 is 29.4 Å². The maximum Gasteiger partial charge on any atom is 0.417 e. The van der Waals surface area contributed by atoms with Gasteiger partial charge in [-0.15, -0.1) is 0 Å². The van der Waals surface area contributed by atoms with Crippen molar-refractivity contribution in [3.05, 3.63) is 63.6 Å². The number of aromatic nitrogens is 1. The fourth-order valence-corrected chi connectivity index (χ4v) is 3.22. The summed E-state index contributed by atoms with van der Waals surface area (Å²) in [6.45, 7) is 3.04. The number of halogens is 5. The molecule has 0 bridgehead atoms. The van der Waals surface area contributed by atoms with Crippen LogP contribution in [-0.4, -0.2) is 43.5 Å². The van der Waals surface area contributed by atoms with Crippen LogP contribution < -0.4 is 10.1 Å². The minimum absolute atomic E-state index is 0.160. The highest BCUT2D eigenvalue weighted by molar-refractivity contribution is 6.31. The number of aliphatic imine (C=N–C) groups is 1. The van der Waals surface area contributed by atoms with Gasteiger partial charge in [0.1, 0.15) is 18.7 Å². The summed E-state index contributed by atoms with van der Waals surface area (Å²) in [6.07, 6.45) is -2.04. The highest BCUT2D eigenvalue weighted by atomic mass is 35.5. The Morgan fingerprint density at radius 3 is 2.61 bits per heavy atom. The third-order valence-corrected chi connectivity index (χ3v) is 4.89. The van der Waals surface area contributed by atoms with Crippen molar-refractivity contribution in [2.45, 2.75) is 19.5 Å². The second-order valence-electron chi connectivity index (χ2n) is 6.94. The van der Waals surface area contributed by atoms with E-state index in [1.165, 1.54) is 6.20 Å². The Bertz CT molecular complexity index is 1070. The molecule has 176 valence electrons. The van der Waals surface area contributed by atoms with E-state index in [0.717, 1.165) is 12.5 Å². The zero-order valence-corrected chi connectivity index (χ0v) is 18.3. The summed E-state index contributed by atoms with van der Waals surface area (Å²) in [5.41, 5.74) is -1.35. The number of benzene rings is 1. The number of alkyl halides is 3. The van der Waals surface area contributed by atoms with Crippen molar-refractivity contribution in [1.82, 2.24) is 10.3 Å². The van der Waals surface area contributed by atoms with Crippen LogP contribution in [0.25, 0.3) is 5.70 Å². The van der Waals surface area contributed by atoms with Crippen LogP contribution in [0.4, 0.5) is 17.6 Å². The molecule has 3 rings (SSSR count). The quantitative estimate of drug-likeness (QED) is 0.318. The molecule has 33 heavy (non-hydrogen) atoms. The highest BCUT2D eigenvalue weighted by Crippen LogP contribution is 2.36. The molecule has 1 aromatic carbocycles. The molecule has 0 unspecified atom stereocenters. The summed E-state index contributed by atoms with van der Waals surface area (Å²) in [5.74, 6) is -1.35. The molecule has 0 aliphatic carbocycles. The van der Waals surface area contributed by atoms with Crippen LogP contribution in [0.2, 0.25) is 5.02 Å². The lowest BCUT2D eigenvalue weighted by atomic mass is 10.0. The normalized spacial score (nSPS) is 14.1. The largest absolute Gasteiger partial charge is 0.475 e. The van der Waals surface area contributed by atoms with Crippen LogP contribution in [0.5, 0.6) is 5.88 Å². The Morgan fingerprint density at radius 1 is 1.18 bits per heavy atom. The minimum Gasteiger partial charge on any atom is -0.475 e. The molecule has 0 saturated carbocycles. The zero-order chi connectivity index (χ0) is 24.0. The molecule has 6 nitrogen and oxygen atoms in total. The van der Waals surface area contributed by atoms with E-state index >= 15 is 0 Å². The lowest BCUT2D eigenvalue weighted by Gasteiger charge is -2.23. The highest BCUT2D eigenvalue weighted by Gasteiger charge is 2.37. The topological polar surface area (TPSA) is 72.8 Å². The summed E-state index contributed by atoms with van der Waals surface area (Å²) < 4.78 is 65.9. The van der Waals surface area contributed by atoms with Crippen LogP contribution in [0.1, 0.15) is 30.0 Å². The van der Waals surface area contributed by atoms with Crippen molar-refractivity contribution in [2.24, 2.45) is 4.99 Å². The Morgan fingerprint density at radius 2 is 1.97 bits per heavy atom. The molecule has 1 aromatic heterocycles. The number of aldehydes is 1. The van der Waals surface area contributed by atoms with E-state index in [-0.39, 0.29) is 24.4 Å². The lowest BCUT2D eigenvalue weighted by Crippen LogP contribution is -2.32. The fraction of sp³-hybridized carbons (Fsp3) is 0.318. The summed E-state index contributed by atoms with van der Waals surface area (Å²) in [7, 11) is 0. The summed E-state index contributed by atoms with van der Waals surface area (Å²) in [5, 5.41) is 2.17. The molecule has 2 aromatic rings. The lowest BCUT2D eigenvalue weighted by molar-refractivity contribution is -0.137. The summed E-state index contributed by atoms with van der Waals surface area (Å²) in [6, 6.07) is 4.62. The van der Waals surface area contributed by atoms with Gasteiger partial charge in [0.2, 0.25) is 5.88 Å². The number of amidine groups is 1. The summed E-state index contributed by atoms with van der Waals surface area (Å²) in [4.78, 5) is 19.6. The van der Waals surface area contributed by atoms with Crippen LogP contribution in [-0.2, 0) is 15.7 Å². The molecule has 1 aliphatic rings. The SMILES string of the molecule is CCCOCCOc1ccc(C2=C(C=O)CN=C(c3c(C(F)(F)F)ccc(Cl)c3F)N2)cn1. The molecule has 1 N–H and O–H groups in total. The monoisotopic (exact) mass is 485 g/mol. The minimum atomic E-state index is -4.85. The second-order valence-corrected chi connectivity index (χ2v) is 7.34. The Kier molecular flexibility index (Phi) is 8.04. The fourth-order valence-electron chi connectivity index (χ4n) is 3.06. The first kappa shape index (κ1) is 24.7. The Balaban J connectivity index is 1.85. The van der Waals surface area contributed by atoms with Crippen molar-refractivity contribution in [3.8, 4) is 5.88 Å². The van der Waals surface area contributed by atoms with E-state index in [1.807, 2.05) is 6.92 Å². The van der Waals surface area contributed by atoms with Gasteiger partial charge in [0.25, 0.3) is 0 Å². The number of rotatable bonds is 9. The van der Waals surface area contributed by atoms with Gasteiger partial charge in [-0.05, 0) is 24.6 Å². The summed E-state index contributed by atoms with van der Waals surface area (Å²) >= 11 is 5.73. The van der Waals surface area contributed by atoms with E-state index in [0.29, 0.717) is 37.0 Å².